The molecule has 0 amide bonds. The molecule has 0 aliphatic rings. The van der Waals surface area contributed by atoms with Crippen LogP contribution in [0.2, 0.25) is 0 Å². The SMILES string of the molecule is CCCCOC(C)C(O)c1cc(OC)c(OC)cc1OC. The van der Waals surface area contributed by atoms with Gasteiger partial charge in [0, 0.05) is 18.2 Å². The highest BCUT2D eigenvalue weighted by Crippen LogP contribution is 2.38. The van der Waals surface area contributed by atoms with Gasteiger partial charge in [-0.15, -0.1) is 0 Å². The van der Waals surface area contributed by atoms with Gasteiger partial charge in [0.15, 0.2) is 11.5 Å². The molecule has 2 atom stereocenters. The molecule has 0 saturated heterocycles. The van der Waals surface area contributed by atoms with E-state index >= 15 is 0 Å². The van der Waals surface area contributed by atoms with Crippen molar-refractivity contribution in [1.82, 2.24) is 0 Å². The van der Waals surface area contributed by atoms with Crippen LogP contribution >= 0.6 is 0 Å². The fraction of sp³-hybridized carbons (Fsp3) is 0.625. The molecule has 0 saturated carbocycles. The summed E-state index contributed by atoms with van der Waals surface area (Å²) in [6.07, 6.45) is 0.906. The van der Waals surface area contributed by atoms with E-state index in [1.54, 1.807) is 33.5 Å². The van der Waals surface area contributed by atoms with Gasteiger partial charge in [-0.2, -0.15) is 0 Å². The molecule has 21 heavy (non-hydrogen) atoms. The first-order chi connectivity index (χ1) is 10.1. The van der Waals surface area contributed by atoms with Crippen LogP contribution in [0, 0.1) is 0 Å². The van der Waals surface area contributed by atoms with Gasteiger partial charge in [0.1, 0.15) is 11.9 Å². The number of hydrogen-bond donors (Lipinski definition) is 1. The van der Waals surface area contributed by atoms with Crippen molar-refractivity contribution in [1.29, 1.82) is 0 Å². The second-order valence-corrected chi connectivity index (χ2v) is 4.82. The third kappa shape index (κ3) is 4.51. The minimum Gasteiger partial charge on any atom is -0.496 e. The van der Waals surface area contributed by atoms with Crippen molar-refractivity contribution < 1.29 is 24.1 Å². The summed E-state index contributed by atoms with van der Waals surface area (Å²) in [5.41, 5.74) is 0.624. The van der Waals surface area contributed by atoms with Crippen molar-refractivity contribution in [3.63, 3.8) is 0 Å². The van der Waals surface area contributed by atoms with Crippen molar-refractivity contribution in [2.24, 2.45) is 0 Å². The van der Waals surface area contributed by atoms with E-state index in [0.717, 1.165) is 12.8 Å². The van der Waals surface area contributed by atoms with Crippen LogP contribution in [0.4, 0.5) is 0 Å². The molecule has 0 bridgehead atoms. The number of aliphatic hydroxyl groups excluding tert-OH is 1. The Kier molecular flexibility index (Phi) is 7.32. The van der Waals surface area contributed by atoms with Gasteiger partial charge in [-0.05, 0) is 19.4 Å². The first kappa shape index (κ1) is 17.6. The fourth-order valence-electron chi connectivity index (χ4n) is 2.04. The van der Waals surface area contributed by atoms with E-state index in [1.807, 2.05) is 6.92 Å². The van der Waals surface area contributed by atoms with Crippen LogP contribution in [0.15, 0.2) is 12.1 Å². The van der Waals surface area contributed by atoms with Gasteiger partial charge < -0.3 is 24.1 Å². The van der Waals surface area contributed by atoms with E-state index in [9.17, 15) is 5.11 Å². The van der Waals surface area contributed by atoms with Crippen molar-refractivity contribution in [2.45, 2.75) is 38.9 Å². The maximum atomic E-state index is 10.5. The quantitative estimate of drug-likeness (QED) is 0.710. The van der Waals surface area contributed by atoms with Crippen LogP contribution in [0.25, 0.3) is 0 Å². The van der Waals surface area contributed by atoms with Crippen LogP contribution in [0.1, 0.15) is 38.4 Å². The molecule has 0 aliphatic heterocycles. The highest BCUT2D eigenvalue weighted by Gasteiger charge is 2.23. The third-order valence-corrected chi connectivity index (χ3v) is 3.38. The van der Waals surface area contributed by atoms with Crippen LogP contribution in [-0.2, 0) is 4.74 Å². The van der Waals surface area contributed by atoms with Gasteiger partial charge in [-0.25, -0.2) is 0 Å². The lowest BCUT2D eigenvalue weighted by Crippen LogP contribution is -2.20. The predicted octanol–water partition coefficient (Wildman–Crippen LogP) is 2.95. The smallest absolute Gasteiger partial charge is 0.164 e. The number of unbranched alkanes of at least 4 members (excludes halogenated alkanes) is 1. The second kappa shape index (κ2) is 8.74. The standard InChI is InChI=1S/C16H26O5/c1-6-7-8-21-11(2)16(17)12-9-14(19-4)15(20-5)10-13(12)18-3/h9-11,16-17H,6-8H2,1-5H3. The first-order valence-electron chi connectivity index (χ1n) is 7.18. The molecule has 0 spiro atoms. The highest BCUT2D eigenvalue weighted by atomic mass is 16.5. The Hall–Kier alpha value is -1.46. The summed E-state index contributed by atoms with van der Waals surface area (Å²) < 4.78 is 21.5. The number of aliphatic hydroxyl groups is 1. The van der Waals surface area contributed by atoms with E-state index < -0.39 is 6.10 Å². The Labute approximate surface area is 126 Å². The summed E-state index contributed by atoms with van der Waals surface area (Å²) in [5.74, 6) is 1.66. The monoisotopic (exact) mass is 298 g/mol. The molecule has 1 aromatic rings. The molecule has 1 aromatic carbocycles. The maximum absolute atomic E-state index is 10.5. The van der Waals surface area contributed by atoms with Crippen molar-refractivity contribution >= 4 is 0 Å². The molecule has 0 fully saturated rings. The Bertz CT molecular complexity index is 433. The highest BCUT2D eigenvalue weighted by molar-refractivity contribution is 5.51. The van der Waals surface area contributed by atoms with E-state index in [2.05, 4.69) is 6.92 Å². The third-order valence-electron chi connectivity index (χ3n) is 3.38. The normalized spacial score (nSPS) is 13.6. The van der Waals surface area contributed by atoms with E-state index in [0.29, 0.717) is 29.4 Å². The summed E-state index contributed by atoms with van der Waals surface area (Å²) in [6.45, 7) is 4.57. The lowest BCUT2D eigenvalue weighted by molar-refractivity contribution is -0.0297. The number of benzene rings is 1. The molecular formula is C16H26O5. The molecule has 1 N–H and O–H groups in total. The molecule has 0 radical (unpaired) electrons. The summed E-state index contributed by atoms with van der Waals surface area (Å²) in [5, 5.41) is 10.5. The molecule has 0 aliphatic carbocycles. The van der Waals surface area contributed by atoms with Gasteiger partial charge in [-0.1, -0.05) is 13.3 Å². The van der Waals surface area contributed by atoms with Gasteiger partial charge in [0.25, 0.3) is 0 Å². The maximum Gasteiger partial charge on any atom is 0.164 e. The molecule has 2 unspecified atom stereocenters. The molecule has 1 rings (SSSR count). The van der Waals surface area contributed by atoms with Gasteiger partial charge in [0.05, 0.1) is 27.4 Å². The zero-order valence-electron chi connectivity index (χ0n) is 13.5. The van der Waals surface area contributed by atoms with Gasteiger partial charge in [0.2, 0.25) is 0 Å². The predicted molar refractivity (Wildman–Crippen MR) is 81.4 cm³/mol. The minimum atomic E-state index is -0.795. The average Bonchev–Trinajstić information content (AvgIpc) is 2.52. The average molecular weight is 298 g/mol. The van der Waals surface area contributed by atoms with Crippen LogP contribution in [-0.4, -0.2) is 39.1 Å². The van der Waals surface area contributed by atoms with Crippen LogP contribution in [0.3, 0.4) is 0 Å². The van der Waals surface area contributed by atoms with Crippen molar-refractivity contribution in [2.75, 3.05) is 27.9 Å². The first-order valence-corrected chi connectivity index (χ1v) is 7.18. The lowest BCUT2D eigenvalue weighted by Gasteiger charge is -2.23. The Balaban J connectivity index is 2.98. The Morgan fingerprint density at radius 3 is 2.10 bits per heavy atom. The lowest BCUT2D eigenvalue weighted by atomic mass is 10.0. The zero-order chi connectivity index (χ0) is 15.8. The molecular weight excluding hydrogens is 272 g/mol. The van der Waals surface area contributed by atoms with Gasteiger partial charge >= 0.3 is 0 Å². The molecule has 0 aromatic heterocycles. The topological polar surface area (TPSA) is 57.2 Å². The molecule has 120 valence electrons. The summed E-state index contributed by atoms with van der Waals surface area (Å²) in [6, 6.07) is 3.43. The number of methoxy groups -OCH3 is 3. The van der Waals surface area contributed by atoms with Crippen molar-refractivity contribution in [3.05, 3.63) is 17.7 Å². The van der Waals surface area contributed by atoms with Crippen LogP contribution < -0.4 is 14.2 Å². The van der Waals surface area contributed by atoms with Gasteiger partial charge in [-0.3, -0.25) is 0 Å². The summed E-state index contributed by atoms with van der Waals surface area (Å²) in [4.78, 5) is 0. The summed E-state index contributed by atoms with van der Waals surface area (Å²) >= 11 is 0. The Morgan fingerprint density at radius 1 is 1.00 bits per heavy atom. The number of rotatable bonds is 9. The molecule has 5 nitrogen and oxygen atoms in total. The number of hydrogen-bond acceptors (Lipinski definition) is 5. The fourth-order valence-corrected chi connectivity index (χ4v) is 2.04. The largest absolute Gasteiger partial charge is 0.496 e. The van der Waals surface area contributed by atoms with Crippen LogP contribution in [0.5, 0.6) is 17.2 Å². The molecule has 5 heteroatoms. The Morgan fingerprint density at radius 2 is 1.57 bits per heavy atom. The van der Waals surface area contributed by atoms with Crippen molar-refractivity contribution in [3.8, 4) is 17.2 Å². The van der Waals surface area contributed by atoms with E-state index in [-0.39, 0.29) is 6.10 Å². The molecule has 0 heterocycles. The van der Waals surface area contributed by atoms with E-state index in [4.69, 9.17) is 18.9 Å². The zero-order valence-corrected chi connectivity index (χ0v) is 13.5. The summed E-state index contributed by atoms with van der Waals surface area (Å²) in [7, 11) is 4.67. The minimum absolute atomic E-state index is 0.330. The number of ether oxygens (including phenoxy) is 4. The second-order valence-electron chi connectivity index (χ2n) is 4.82. The van der Waals surface area contributed by atoms with E-state index in [1.165, 1.54) is 0 Å².